The summed E-state index contributed by atoms with van der Waals surface area (Å²) in [5.74, 6) is 1.87. The number of phenolic OH excluding ortho intramolecular Hbond substituents is 1. The molecule has 0 saturated heterocycles. The molecular formula is C14H18N2O2. The molecule has 0 fully saturated rings. The van der Waals surface area contributed by atoms with Crippen molar-refractivity contribution in [3.05, 3.63) is 47.7 Å². The third-order valence-corrected chi connectivity index (χ3v) is 2.91. The van der Waals surface area contributed by atoms with Gasteiger partial charge in [0.25, 0.3) is 0 Å². The van der Waals surface area contributed by atoms with Crippen LogP contribution in [0.4, 0.5) is 0 Å². The Kier molecular flexibility index (Phi) is 3.99. The first kappa shape index (κ1) is 12.6. The van der Waals surface area contributed by atoms with Gasteiger partial charge in [-0.15, -0.1) is 0 Å². The summed E-state index contributed by atoms with van der Waals surface area (Å²) < 4.78 is 5.51. The fourth-order valence-electron chi connectivity index (χ4n) is 1.80. The lowest BCUT2D eigenvalue weighted by atomic mass is 10.1. The van der Waals surface area contributed by atoms with Crippen molar-refractivity contribution in [1.82, 2.24) is 10.3 Å². The Balaban J connectivity index is 1.96. The predicted octanol–water partition coefficient (Wildman–Crippen LogP) is 2.79. The van der Waals surface area contributed by atoms with Gasteiger partial charge in [-0.3, -0.25) is 0 Å². The first-order valence-corrected chi connectivity index (χ1v) is 6.15. The fourth-order valence-corrected chi connectivity index (χ4v) is 1.80. The summed E-state index contributed by atoms with van der Waals surface area (Å²) in [5.41, 5.74) is 0.875. The van der Waals surface area contributed by atoms with Crippen molar-refractivity contribution in [3.63, 3.8) is 0 Å². The summed E-state index contributed by atoms with van der Waals surface area (Å²) in [5, 5.41) is 13.0. The van der Waals surface area contributed by atoms with Crippen molar-refractivity contribution in [1.29, 1.82) is 0 Å². The average Bonchev–Trinajstić information content (AvgIpc) is 2.84. The second-order valence-corrected chi connectivity index (χ2v) is 4.24. The van der Waals surface area contributed by atoms with Crippen LogP contribution in [0.3, 0.4) is 0 Å². The summed E-state index contributed by atoms with van der Waals surface area (Å²) in [6.45, 7) is 4.58. The molecule has 0 amide bonds. The molecule has 0 aliphatic carbocycles. The zero-order valence-corrected chi connectivity index (χ0v) is 10.7. The standard InChI is InChI=1S/C14H18N2O2/c1-3-11-8-16-14(18-11)9-15-10(2)12-6-4-5-7-13(12)17/h4-8,10,15,17H,3,9H2,1-2H3. The number of benzene rings is 1. The van der Waals surface area contributed by atoms with E-state index in [1.807, 2.05) is 32.0 Å². The molecule has 1 atom stereocenters. The van der Waals surface area contributed by atoms with E-state index in [1.54, 1.807) is 12.3 Å². The van der Waals surface area contributed by atoms with E-state index in [-0.39, 0.29) is 6.04 Å². The SMILES string of the molecule is CCc1cnc(CNC(C)c2ccccc2O)o1. The number of oxazole rings is 1. The van der Waals surface area contributed by atoms with Gasteiger partial charge in [0, 0.05) is 18.0 Å². The Labute approximate surface area is 107 Å². The second kappa shape index (κ2) is 5.69. The number of phenols is 1. The van der Waals surface area contributed by atoms with E-state index in [2.05, 4.69) is 10.3 Å². The highest BCUT2D eigenvalue weighted by Crippen LogP contribution is 2.23. The number of aromatic hydroxyl groups is 1. The van der Waals surface area contributed by atoms with Crippen molar-refractivity contribution >= 4 is 0 Å². The first-order chi connectivity index (χ1) is 8.70. The maximum Gasteiger partial charge on any atom is 0.208 e. The van der Waals surface area contributed by atoms with Gasteiger partial charge in [-0.1, -0.05) is 25.1 Å². The van der Waals surface area contributed by atoms with Crippen LogP contribution in [0.25, 0.3) is 0 Å². The quantitative estimate of drug-likeness (QED) is 0.851. The van der Waals surface area contributed by atoms with Crippen LogP contribution < -0.4 is 5.32 Å². The molecule has 0 radical (unpaired) electrons. The zero-order valence-electron chi connectivity index (χ0n) is 10.7. The van der Waals surface area contributed by atoms with Crippen molar-refractivity contribution in [2.75, 3.05) is 0 Å². The molecule has 0 aliphatic rings. The van der Waals surface area contributed by atoms with Crippen LogP contribution in [-0.2, 0) is 13.0 Å². The topological polar surface area (TPSA) is 58.3 Å². The summed E-state index contributed by atoms with van der Waals surface area (Å²) in [4.78, 5) is 4.18. The van der Waals surface area contributed by atoms with Crippen molar-refractivity contribution in [3.8, 4) is 5.75 Å². The van der Waals surface area contributed by atoms with Gasteiger partial charge in [-0.05, 0) is 13.0 Å². The van der Waals surface area contributed by atoms with Crippen molar-refractivity contribution in [2.45, 2.75) is 32.9 Å². The van der Waals surface area contributed by atoms with Crippen LogP contribution in [0.2, 0.25) is 0 Å². The minimum absolute atomic E-state index is 0.0446. The molecule has 4 nitrogen and oxygen atoms in total. The third kappa shape index (κ3) is 2.90. The van der Waals surface area contributed by atoms with E-state index in [0.29, 0.717) is 18.2 Å². The van der Waals surface area contributed by atoms with Crippen molar-refractivity contribution < 1.29 is 9.52 Å². The van der Waals surface area contributed by atoms with E-state index in [4.69, 9.17) is 4.42 Å². The highest BCUT2D eigenvalue weighted by Gasteiger charge is 2.10. The summed E-state index contributed by atoms with van der Waals surface area (Å²) >= 11 is 0. The minimum atomic E-state index is 0.0446. The molecule has 1 unspecified atom stereocenters. The Hall–Kier alpha value is -1.81. The third-order valence-electron chi connectivity index (χ3n) is 2.91. The van der Waals surface area contributed by atoms with Crippen LogP contribution in [0, 0.1) is 0 Å². The molecule has 2 aromatic rings. The van der Waals surface area contributed by atoms with E-state index in [9.17, 15) is 5.11 Å². The van der Waals surface area contributed by atoms with Gasteiger partial charge in [0.15, 0.2) is 0 Å². The maximum absolute atomic E-state index is 9.74. The highest BCUT2D eigenvalue weighted by molar-refractivity contribution is 5.34. The lowest BCUT2D eigenvalue weighted by Crippen LogP contribution is -2.18. The molecule has 2 rings (SSSR count). The summed E-state index contributed by atoms with van der Waals surface area (Å²) in [6, 6.07) is 7.36. The van der Waals surface area contributed by atoms with Gasteiger partial charge in [0.2, 0.25) is 5.89 Å². The molecule has 0 saturated carbocycles. The van der Waals surface area contributed by atoms with Gasteiger partial charge in [0.05, 0.1) is 12.7 Å². The van der Waals surface area contributed by atoms with Crippen LogP contribution in [-0.4, -0.2) is 10.1 Å². The average molecular weight is 246 g/mol. The molecule has 1 heterocycles. The molecule has 0 bridgehead atoms. The first-order valence-electron chi connectivity index (χ1n) is 6.15. The Bertz CT molecular complexity index is 508. The van der Waals surface area contributed by atoms with Crippen LogP contribution in [0.15, 0.2) is 34.9 Å². The molecule has 4 heteroatoms. The van der Waals surface area contributed by atoms with Crippen LogP contribution in [0.1, 0.15) is 37.1 Å². The number of aromatic nitrogens is 1. The number of hydrogen-bond donors (Lipinski definition) is 2. The molecule has 96 valence electrons. The molecule has 2 N–H and O–H groups in total. The number of nitrogens with one attached hydrogen (secondary N) is 1. The number of para-hydroxylation sites is 1. The fraction of sp³-hybridized carbons (Fsp3) is 0.357. The summed E-state index contributed by atoms with van der Waals surface area (Å²) in [7, 11) is 0. The van der Waals surface area contributed by atoms with Gasteiger partial charge < -0.3 is 14.8 Å². The minimum Gasteiger partial charge on any atom is -0.508 e. The number of aryl methyl sites for hydroxylation is 1. The van der Waals surface area contributed by atoms with E-state index < -0.39 is 0 Å². The molecule has 18 heavy (non-hydrogen) atoms. The van der Waals surface area contributed by atoms with E-state index in [1.165, 1.54) is 0 Å². The molecule has 0 aliphatic heterocycles. The van der Waals surface area contributed by atoms with E-state index in [0.717, 1.165) is 17.7 Å². The lowest BCUT2D eigenvalue weighted by Gasteiger charge is -2.14. The van der Waals surface area contributed by atoms with Crippen LogP contribution >= 0.6 is 0 Å². The normalized spacial score (nSPS) is 12.6. The van der Waals surface area contributed by atoms with Crippen LogP contribution in [0.5, 0.6) is 5.75 Å². The van der Waals surface area contributed by atoms with Gasteiger partial charge in [-0.25, -0.2) is 4.98 Å². The van der Waals surface area contributed by atoms with Gasteiger partial charge in [-0.2, -0.15) is 0 Å². The number of nitrogens with zero attached hydrogens (tertiary/aromatic N) is 1. The number of rotatable bonds is 5. The second-order valence-electron chi connectivity index (χ2n) is 4.24. The Morgan fingerprint density at radius 2 is 2.17 bits per heavy atom. The Morgan fingerprint density at radius 1 is 1.39 bits per heavy atom. The maximum atomic E-state index is 9.74. The number of hydrogen-bond acceptors (Lipinski definition) is 4. The molecule has 1 aromatic heterocycles. The Morgan fingerprint density at radius 3 is 2.83 bits per heavy atom. The largest absolute Gasteiger partial charge is 0.508 e. The predicted molar refractivity (Wildman–Crippen MR) is 69.2 cm³/mol. The highest BCUT2D eigenvalue weighted by atomic mass is 16.4. The lowest BCUT2D eigenvalue weighted by molar-refractivity contribution is 0.414. The molecule has 1 aromatic carbocycles. The monoisotopic (exact) mass is 246 g/mol. The zero-order chi connectivity index (χ0) is 13.0. The van der Waals surface area contributed by atoms with Gasteiger partial charge >= 0.3 is 0 Å². The smallest absolute Gasteiger partial charge is 0.208 e. The molecule has 0 spiro atoms. The van der Waals surface area contributed by atoms with E-state index >= 15 is 0 Å². The molecular weight excluding hydrogens is 228 g/mol. The van der Waals surface area contributed by atoms with Crippen molar-refractivity contribution in [2.24, 2.45) is 0 Å². The summed E-state index contributed by atoms with van der Waals surface area (Å²) in [6.07, 6.45) is 2.60. The van der Waals surface area contributed by atoms with Gasteiger partial charge in [0.1, 0.15) is 11.5 Å².